The Bertz CT molecular complexity index is 262. The van der Waals surface area contributed by atoms with E-state index in [2.05, 4.69) is 5.32 Å². The second kappa shape index (κ2) is 5.84. The third-order valence-electron chi connectivity index (χ3n) is 3.02. The number of carboxylic acids is 1. The van der Waals surface area contributed by atoms with Crippen molar-refractivity contribution >= 4 is 11.9 Å². The van der Waals surface area contributed by atoms with Gasteiger partial charge in [-0.3, -0.25) is 14.5 Å². The summed E-state index contributed by atoms with van der Waals surface area (Å²) in [5.74, 6) is -0.838. The highest BCUT2D eigenvalue weighted by molar-refractivity contribution is 5.78. The Labute approximate surface area is 95.8 Å². The van der Waals surface area contributed by atoms with E-state index in [0.29, 0.717) is 26.2 Å². The largest absolute Gasteiger partial charge is 0.481 e. The molecule has 2 N–H and O–H groups in total. The highest BCUT2D eigenvalue weighted by atomic mass is 16.4. The van der Waals surface area contributed by atoms with Crippen LogP contribution < -0.4 is 5.32 Å². The predicted molar refractivity (Wildman–Crippen MR) is 60.0 cm³/mol. The number of rotatable bonds is 6. The summed E-state index contributed by atoms with van der Waals surface area (Å²) >= 11 is 0. The zero-order valence-electron chi connectivity index (χ0n) is 9.90. The Kier molecular flexibility index (Phi) is 4.73. The summed E-state index contributed by atoms with van der Waals surface area (Å²) in [6.45, 7) is 6.26. The Hall–Kier alpha value is -1.10. The van der Waals surface area contributed by atoms with E-state index in [1.807, 2.05) is 11.8 Å². The first-order valence-electron chi connectivity index (χ1n) is 5.76. The average Bonchev–Trinajstić information content (AvgIpc) is 2.18. The molecule has 1 rings (SSSR count). The second-order valence-corrected chi connectivity index (χ2v) is 4.43. The van der Waals surface area contributed by atoms with Gasteiger partial charge in [0.1, 0.15) is 0 Å². The van der Waals surface area contributed by atoms with Crippen LogP contribution in [0.4, 0.5) is 0 Å². The Morgan fingerprint density at radius 1 is 1.50 bits per heavy atom. The molecule has 16 heavy (non-hydrogen) atoms. The van der Waals surface area contributed by atoms with E-state index in [9.17, 15) is 9.59 Å². The topological polar surface area (TPSA) is 69.6 Å². The number of aliphatic carboxylic acids is 1. The Morgan fingerprint density at radius 3 is 2.62 bits per heavy atom. The SMILES string of the molecule is CCCNC(=O)CN1CC(C(C)C(=O)O)C1. The molecule has 1 unspecified atom stereocenters. The molecule has 0 aromatic carbocycles. The van der Waals surface area contributed by atoms with E-state index in [1.54, 1.807) is 6.92 Å². The third-order valence-corrected chi connectivity index (χ3v) is 3.02. The lowest BCUT2D eigenvalue weighted by atomic mass is 9.87. The van der Waals surface area contributed by atoms with Crippen molar-refractivity contribution in [3.63, 3.8) is 0 Å². The standard InChI is InChI=1S/C11H20N2O3/c1-3-4-12-10(14)7-13-5-9(6-13)8(2)11(15)16/h8-9H,3-7H2,1-2H3,(H,12,14)(H,15,16). The summed E-state index contributed by atoms with van der Waals surface area (Å²) < 4.78 is 0. The number of carbonyl (C=O) groups is 2. The Balaban J connectivity index is 2.16. The van der Waals surface area contributed by atoms with Gasteiger partial charge in [0.05, 0.1) is 12.5 Å². The van der Waals surface area contributed by atoms with E-state index in [1.165, 1.54) is 0 Å². The molecule has 1 saturated heterocycles. The summed E-state index contributed by atoms with van der Waals surface area (Å²) in [6, 6.07) is 0. The van der Waals surface area contributed by atoms with Crippen molar-refractivity contribution in [3.05, 3.63) is 0 Å². The van der Waals surface area contributed by atoms with Crippen molar-refractivity contribution in [2.75, 3.05) is 26.2 Å². The first kappa shape index (κ1) is 13.0. The average molecular weight is 228 g/mol. The molecule has 1 atom stereocenters. The zero-order valence-corrected chi connectivity index (χ0v) is 9.90. The van der Waals surface area contributed by atoms with Crippen molar-refractivity contribution in [1.29, 1.82) is 0 Å². The highest BCUT2D eigenvalue weighted by Crippen LogP contribution is 2.23. The third kappa shape index (κ3) is 3.48. The summed E-state index contributed by atoms with van der Waals surface area (Å²) in [6.07, 6.45) is 0.935. The van der Waals surface area contributed by atoms with Crippen LogP contribution in [0.2, 0.25) is 0 Å². The zero-order chi connectivity index (χ0) is 12.1. The van der Waals surface area contributed by atoms with Gasteiger partial charge in [-0.1, -0.05) is 13.8 Å². The minimum atomic E-state index is -0.750. The predicted octanol–water partition coefficient (Wildman–Crippen LogP) is 0.165. The summed E-state index contributed by atoms with van der Waals surface area (Å²) in [4.78, 5) is 24.0. The van der Waals surface area contributed by atoms with Gasteiger partial charge < -0.3 is 10.4 Å². The van der Waals surface area contributed by atoms with Gasteiger partial charge in [-0.2, -0.15) is 0 Å². The fraction of sp³-hybridized carbons (Fsp3) is 0.818. The van der Waals surface area contributed by atoms with Gasteiger partial charge in [-0.05, 0) is 12.3 Å². The van der Waals surface area contributed by atoms with Gasteiger partial charge in [0.25, 0.3) is 0 Å². The van der Waals surface area contributed by atoms with Gasteiger partial charge in [0.15, 0.2) is 0 Å². The maximum atomic E-state index is 11.3. The molecule has 0 spiro atoms. The van der Waals surface area contributed by atoms with Crippen LogP contribution in [0.1, 0.15) is 20.3 Å². The van der Waals surface area contributed by atoms with E-state index in [-0.39, 0.29) is 17.7 Å². The number of carbonyl (C=O) groups excluding carboxylic acids is 1. The maximum Gasteiger partial charge on any atom is 0.306 e. The molecule has 5 nitrogen and oxygen atoms in total. The van der Waals surface area contributed by atoms with E-state index < -0.39 is 5.97 Å². The molecule has 1 amide bonds. The second-order valence-electron chi connectivity index (χ2n) is 4.43. The van der Waals surface area contributed by atoms with E-state index in [4.69, 9.17) is 5.11 Å². The number of amides is 1. The van der Waals surface area contributed by atoms with Gasteiger partial charge in [0, 0.05) is 19.6 Å². The molecule has 0 saturated carbocycles. The van der Waals surface area contributed by atoms with E-state index in [0.717, 1.165) is 6.42 Å². The normalized spacial score (nSPS) is 18.9. The van der Waals surface area contributed by atoms with Crippen LogP contribution in [0.15, 0.2) is 0 Å². The summed E-state index contributed by atoms with van der Waals surface area (Å²) in [5.41, 5.74) is 0. The van der Waals surface area contributed by atoms with Crippen molar-refractivity contribution in [2.45, 2.75) is 20.3 Å². The van der Waals surface area contributed by atoms with Crippen LogP contribution in [0.5, 0.6) is 0 Å². The van der Waals surface area contributed by atoms with Crippen LogP contribution >= 0.6 is 0 Å². The van der Waals surface area contributed by atoms with Crippen molar-refractivity contribution in [1.82, 2.24) is 10.2 Å². The number of hydrogen-bond acceptors (Lipinski definition) is 3. The van der Waals surface area contributed by atoms with Gasteiger partial charge in [0.2, 0.25) is 5.91 Å². The first-order chi connectivity index (χ1) is 7.54. The monoisotopic (exact) mass is 228 g/mol. The van der Waals surface area contributed by atoms with Gasteiger partial charge in [-0.15, -0.1) is 0 Å². The van der Waals surface area contributed by atoms with E-state index >= 15 is 0 Å². The maximum absolute atomic E-state index is 11.3. The molecule has 1 aliphatic heterocycles. The number of nitrogens with one attached hydrogen (secondary N) is 1. The minimum Gasteiger partial charge on any atom is -0.481 e. The van der Waals surface area contributed by atoms with Crippen molar-refractivity contribution < 1.29 is 14.7 Å². The lowest BCUT2D eigenvalue weighted by Gasteiger charge is -2.40. The van der Waals surface area contributed by atoms with Crippen molar-refractivity contribution in [2.24, 2.45) is 11.8 Å². The first-order valence-corrected chi connectivity index (χ1v) is 5.76. The number of carboxylic acid groups (broad SMARTS) is 1. The fourth-order valence-electron chi connectivity index (χ4n) is 1.78. The quantitative estimate of drug-likeness (QED) is 0.679. The molecule has 0 aromatic heterocycles. The number of hydrogen-bond donors (Lipinski definition) is 2. The number of likely N-dealkylation sites (tertiary alicyclic amines) is 1. The summed E-state index contributed by atoms with van der Waals surface area (Å²) in [7, 11) is 0. The highest BCUT2D eigenvalue weighted by Gasteiger charge is 2.35. The molecule has 0 aromatic rings. The smallest absolute Gasteiger partial charge is 0.306 e. The van der Waals surface area contributed by atoms with Crippen LogP contribution in [0.25, 0.3) is 0 Å². The molecule has 1 heterocycles. The minimum absolute atomic E-state index is 0.0308. The van der Waals surface area contributed by atoms with Gasteiger partial charge in [-0.25, -0.2) is 0 Å². The molecular formula is C11H20N2O3. The van der Waals surface area contributed by atoms with Crippen LogP contribution in [-0.2, 0) is 9.59 Å². The molecule has 1 fully saturated rings. The molecular weight excluding hydrogens is 208 g/mol. The van der Waals surface area contributed by atoms with Gasteiger partial charge >= 0.3 is 5.97 Å². The fourth-order valence-corrected chi connectivity index (χ4v) is 1.78. The molecule has 0 radical (unpaired) electrons. The van der Waals surface area contributed by atoms with Crippen LogP contribution in [0.3, 0.4) is 0 Å². The summed E-state index contributed by atoms with van der Waals surface area (Å²) in [5, 5.41) is 11.6. The molecule has 1 aliphatic rings. The van der Waals surface area contributed by atoms with Crippen LogP contribution in [-0.4, -0.2) is 48.1 Å². The number of nitrogens with zero attached hydrogens (tertiary/aromatic N) is 1. The molecule has 0 bridgehead atoms. The van der Waals surface area contributed by atoms with Crippen molar-refractivity contribution in [3.8, 4) is 0 Å². The van der Waals surface area contributed by atoms with Crippen LogP contribution in [0, 0.1) is 11.8 Å². The molecule has 0 aliphatic carbocycles. The molecule has 92 valence electrons. The molecule has 5 heteroatoms. The lowest BCUT2D eigenvalue weighted by molar-refractivity contribution is -0.145. The Morgan fingerprint density at radius 2 is 2.12 bits per heavy atom. The lowest BCUT2D eigenvalue weighted by Crippen LogP contribution is -2.53.